The van der Waals surface area contributed by atoms with Crippen LogP contribution in [0.25, 0.3) is 0 Å². The number of rotatable bonds is 3. The van der Waals surface area contributed by atoms with E-state index in [-0.39, 0.29) is 5.48 Å². The Bertz CT molecular complexity index is 339. The number of hydrogen-bond donors (Lipinski definition) is 0. The molecule has 0 aliphatic rings. The lowest BCUT2D eigenvalue weighted by Crippen LogP contribution is -2.01. The highest BCUT2D eigenvalue weighted by atomic mass is 16.5. The molecule has 0 atom stereocenters. The van der Waals surface area contributed by atoms with Crippen molar-refractivity contribution in [1.82, 2.24) is 4.98 Å². The van der Waals surface area contributed by atoms with Crippen molar-refractivity contribution in [3.05, 3.63) is 54.6 Å². The summed E-state index contributed by atoms with van der Waals surface area (Å²) in [6.07, 6.45) is 5.42. The molecule has 2 aromatic rings. The van der Waals surface area contributed by atoms with Gasteiger partial charge in [0.1, 0.15) is 12.4 Å². The van der Waals surface area contributed by atoms with Gasteiger partial charge in [-0.25, -0.2) is 4.98 Å². The number of nitrogens with one attached hydrogen (secondary N) is 1. The van der Waals surface area contributed by atoms with Crippen molar-refractivity contribution in [3.63, 3.8) is 0 Å². The monoisotopic (exact) mass is 204 g/mol. The van der Waals surface area contributed by atoms with E-state index in [4.69, 9.17) is 4.74 Å². The second kappa shape index (κ2) is 5.72. The second-order valence-corrected chi connectivity index (χ2v) is 2.85. The zero-order valence-electron chi connectivity index (χ0n) is 8.13. The predicted molar refractivity (Wildman–Crippen MR) is 53.5 cm³/mol. The third-order valence-corrected chi connectivity index (χ3v) is 1.80. The van der Waals surface area contributed by atoms with Crippen LogP contribution in [0.2, 0.25) is 0 Å². The van der Waals surface area contributed by atoms with Gasteiger partial charge in [0, 0.05) is 18.3 Å². The first-order valence-corrected chi connectivity index (χ1v) is 4.44. The van der Waals surface area contributed by atoms with Crippen molar-refractivity contribution in [1.29, 1.82) is 0 Å². The van der Waals surface area contributed by atoms with Gasteiger partial charge in [-0.3, -0.25) is 4.98 Å². The van der Waals surface area contributed by atoms with E-state index in [1.165, 1.54) is 0 Å². The highest BCUT2D eigenvalue weighted by Crippen LogP contribution is 2.07. The van der Waals surface area contributed by atoms with Gasteiger partial charge in [-0.15, -0.1) is 0 Å². The number of aromatic nitrogens is 2. The summed E-state index contributed by atoms with van der Waals surface area (Å²) >= 11 is 0. The van der Waals surface area contributed by atoms with Gasteiger partial charge in [-0.2, -0.15) is 0 Å². The number of H-pyrrole nitrogens is 1. The summed E-state index contributed by atoms with van der Waals surface area (Å²) in [4.78, 5) is 7.10. The van der Waals surface area contributed by atoms with Crippen LogP contribution in [-0.2, 0) is 6.61 Å². The quantitative estimate of drug-likeness (QED) is 0.756. The van der Waals surface area contributed by atoms with Crippen LogP contribution in [-0.4, -0.2) is 10.5 Å². The van der Waals surface area contributed by atoms with Gasteiger partial charge < -0.3 is 10.2 Å². The first-order valence-electron chi connectivity index (χ1n) is 4.44. The van der Waals surface area contributed by atoms with Crippen molar-refractivity contribution >= 4 is 0 Å². The van der Waals surface area contributed by atoms with Gasteiger partial charge in [0.25, 0.3) is 0 Å². The Morgan fingerprint density at radius 3 is 2.60 bits per heavy atom. The van der Waals surface area contributed by atoms with Gasteiger partial charge in [-0.05, 0) is 12.1 Å². The van der Waals surface area contributed by atoms with Gasteiger partial charge in [0.2, 0.25) is 0 Å². The molecule has 0 saturated carbocycles. The van der Waals surface area contributed by atoms with Gasteiger partial charge in [-0.1, -0.05) is 6.07 Å². The van der Waals surface area contributed by atoms with Crippen LogP contribution in [0, 0.1) is 0 Å². The highest BCUT2D eigenvalue weighted by Gasteiger charge is 1.95. The molecule has 78 valence electrons. The normalized spacial score (nSPS) is 9.07. The molecule has 15 heavy (non-hydrogen) atoms. The summed E-state index contributed by atoms with van der Waals surface area (Å²) in [5.41, 5.74) is 0.931. The molecule has 4 heteroatoms. The van der Waals surface area contributed by atoms with Gasteiger partial charge in [0.15, 0.2) is 12.4 Å². The molecule has 0 saturated heterocycles. The average Bonchev–Trinajstić information content (AvgIpc) is 2.29. The minimum atomic E-state index is 0. The standard InChI is InChI=1S/C11H10N2O.H2O/c1-2-6-13-10(3-1)9-14-11-4-7-12-8-5-11;/h1-8H,9H2;1H2. The Morgan fingerprint density at radius 2 is 1.93 bits per heavy atom. The van der Waals surface area contributed by atoms with Crippen molar-refractivity contribution in [3.8, 4) is 5.75 Å². The number of pyridine rings is 2. The lowest BCUT2D eigenvalue weighted by atomic mass is 10.4. The molecule has 2 heterocycles. The molecular formula is C11H12N2O2. The SMILES string of the molecule is [OH-].c1ccc(COc2cc[nH+]cc2)nc1. The third-order valence-electron chi connectivity index (χ3n) is 1.80. The number of aromatic amines is 1. The molecule has 0 aliphatic carbocycles. The zero-order valence-corrected chi connectivity index (χ0v) is 8.13. The van der Waals surface area contributed by atoms with E-state index >= 15 is 0 Å². The topological polar surface area (TPSA) is 66.3 Å². The van der Waals surface area contributed by atoms with E-state index in [1.54, 1.807) is 6.20 Å². The highest BCUT2D eigenvalue weighted by molar-refractivity contribution is 5.15. The van der Waals surface area contributed by atoms with E-state index < -0.39 is 0 Å². The average molecular weight is 204 g/mol. The number of ether oxygens (including phenoxy) is 1. The molecule has 0 radical (unpaired) electrons. The maximum atomic E-state index is 5.51. The fourth-order valence-electron chi connectivity index (χ4n) is 1.11. The van der Waals surface area contributed by atoms with Crippen molar-refractivity contribution in [2.45, 2.75) is 6.61 Å². The first-order chi connectivity index (χ1) is 6.95. The smallest absolute Gasteiger partial charge is 0.170 e. The summed E-state index contributed by atoms with van der Waals surface area (Å²) in [5.74, 6) is 0.842. The van der Waals surface area contributed by atoms with E-state index in [0.29, 0.717) is 6.61 Å². The van der Waals surface area contributed by atoms with Crippen LogP contribution in [0.1, 0.15) is 5.69 Å². The number of hydrogen-bond acceptors (Lipinski definition) is 3. The predicted octanol–water partition coefficient (Wildman–Crippen LogP) is 1.30. The van der Waals surface area contributed by atoms with Crippen molar-refractivity contribution in [2.24, 2.45) is 0 Å². The summed E-state index contributed by atoms with van der Waals surface area (Å²) in [5, 5.41) is 0. The molecule has 2 rings (SSSR count). The fourth-order valence-corrected chi connectivity index (χ4v) is 1.11. The Morgan fingerprint density at radius 1 is 1.13 bits per heavy atom. The Hall–Kier alpha value is -1.94. The molecule has 0 bridgehead atoms. The molecule has 2 N–H and O–H groups in total. The first kappa shape index (κ1) is 11.1. The summed E-state index contributed by atoms with van der Waals surface area (Å²) in [6.45, 7) is 0.505. The largest absolute Gasteiger partial charge is 0.870 e. The minimum absolute atomic E-state index is 0. The lowest BCUT2D eigenvalue weighted by Gasteiger charge is -2.02. The van der Waals surface area contributed by atoms with Gasteiger partial charge >= 0.3 is 0 Å². The number of nitrogens with zero attached hydrogens (tertiary/aromatic N) is 1. The molecule has 0 fully saturated rings. The van der Waals surface area contributed by atoms with Crippen molar-refractivity contribution < 1.29 is 15.2 Å². The Labute approximate surface area is 87.9 Å². The van der Waals surface area contributed by atoms with Crippen LogP contribution in [0.3, 0.4) is 0 Å². The summed E-state index contributed by atoms with van der Waals surface area (Å²) < 4.78 is 5.51. The van der Waals surface area contributed by atoms with E-state index in [0.717, 1.165) is 11.4 Å². The third kappa shape index (κ3) is 3.36. The van der Waals surface area contributed by atoms with E-state index in [2.05, 4.69) is 9.97 Å². The second-order valence-electron chi connectivity index (χ2n) is 2.85. The summed E-state index contributed by atoms with van der Waals surface area (Å²) in [7, 11) is 0. The van der Waals surface area contributed by atoms with E-state index in [1.807, 2.05) is 42.7 Å². The molecular weight excluding hydrogens is 192 g/mol. The molecule has 0 aromatic carbocycles. The maximum Gasteiger partial charge on any atom is 0.170 e. The lowest BCUT2D eigenvalue weighted by molar-refractivity contribution is -0.378. The van der Waals surface area contributed by atoms with Crippen LogP contribution >= 0.6 is 0 Å². The molecule has 0 spiro atoms. The minimum Gasteiger partial charge on any atom is -0.870 e. The van der Waals surface area contributed by atoms with Crippen LogP contribution < -0.4 is 9.72 Å². The van der Waals surface area contributed by atoms with Gasteiger partial charge in [0.05, 0.1) is 5.69 Å². The maximum absolute atomic E-state index is 5.51. The Kier molecular flexibility index (Phi) is 4.25. The summed E-state index contributed by atoms with van der Waals surface area (Å²) in [6, 6.07) is 9.53. The molecule has 4 nitrogen and oxygen atoms in total. The molecule has 0 unspecified atom stereocenters. The van der Waals surface area contributed by atoms with Crippen LogP contribution in [0.15, 0.2) is 48.9 Å². The van der Waals surface area contributed by atoms with Crippen LogP contribution in [0.5, 0.6) is 5.75 Å². The van der Waals surface area contributed by atoms with Crippen LogP contribution in [0.4, 0.5) is 0 Å². The van der Waals surface area contributed by atoms with Crippen molar-refractivity contribution in [2.75, 3.05) is 0 Å². The van der Waals surface area contributed by atoms with E-state index in [9.17, 15) is 0 Å². The zero-order chi connectivity index (χ0) is 9.64. The molecule has 0 aliphatic heterocycles. The fraction of sp³-hybridized carbons (Fsp3) is 0.0909. The molecule has 0 amide bonds. The Balaban J connectivity index is 0.00000112. The molecule has 2 aromatic heterocycles.